The van der Waals surface area contributed by atoms with Gasteiger partial charge in [0.2, 0.25) is 0 Å². The number of aromatic nitrogens is 1. The Morgan fingerprint density at radius 2 is 2.30 bits per heavy atom. The summed E-state index contributed by atoms with van der Waals surface area (Å²) < 4.78 is 0.577. The molecule has 0 aromatic carbocycles. The standard InChI is InChI=1S/C5H5ClN2S.Na.H/c6-4-3(9)1-2-8-5(4)7;;/h1-2H,(H3,7,8,9);;/q;+1;-1. The first-order valence-corrected chi connectivity index (χ1v) is 3.13. The van der Waals surface area contributed by atoms with Crippen LogP contribution in [0.2, 0.25) is 5.02 Å². The topological polar surface area (TPSA) is 41.8 Å². The maximum atomic E-state index is 5.62. The van der Waals surface area contributed by atoms with Gasteiger partial charge in [0.15, 0.2) is 0 Å². The molecule has 1 aromatic rings. The van der Waals surface area contributed by atoms with Crippen molar-refractivity contribution in [3.8, 4) is 0 Å². The fraction of sp³-hybridized carbons (Fsp3) is 0. The van der Waals surface area contributed by atoms with Crippen molar-refractivity contribution < 1.29 is 31.0 Å². The zero-order chi connectivity index (χ0) is 6.85. The molecule has 10 heavy (non-hydrogen) atoms. The molecule has 3 N–H and O–H groups in total. The Bertz CT molecular complexity index is 277. The van der Waals surface area contributed by atoms with Crippen molar-refractivity contribution in [1.82, 2.24) is 4.98 Å². The average Bonchev–Trinajstić information content (AvgIpc) is 1.83. The molecular weight excluding hydrogens is 179 g/mol. The van der Waals surface area contributed by atoms with E-state index in [1.54, 1.807) is 12.3 Å². The molecule has 0 saturated carbocycles. The van der Waals surface area contributed by atoms with Crippen LogP contribution in [0.5, 0.6) is 0 Å². The van der Waals surface area contributed by atoms with Crippen LogP contribution in [-0.2, 0) is 0 Å². The minimum Gasteiger partial charge on any atom is -1.00 e. The van der Waals surface area contributed by atoms with Crippen LogP contribution in [-0.4, -0.2) is 4.98 Å². The van der Waals surface area contributed by atoms with E-state index in [0.717, 1.165) is 0 Å². The minimum atomic E-state index is 0. The first-order chi connectivity index (χ1) is 4.22. The number of pyridine rings is 1. The third-order valence-corrected chi connectivity index (χ3v) is 1.79. The molecule has 0 atom stereocenters. The number of nitrogens with two attached hydrogens (primary N) is 1. The van der Waals surface area contributed by atoms with Gasteiger partial charge in [0, 0.05) is 6.20 Å². The number of nitrogen functional groups attached to an aromatic ring is 1. The van der Waals surface area contributed by atoms with Gasteiger partial charge in [0.1, 0.15) is 5.82 Å². The zero-order valence-corrected chi connectivity index (χ0v) is 9.09. The van der Waals surface area contributed by atoms with Crippen LogP contribution in [0, 0.1) is 4.51 Å². The van der Waals surface area contributed by atoms with E-state index >= 15 is 0 Å². The Kier molecular flexibility index (Phi) is 4.56. The third-order valence-electron chi connectivity index (χ3n) is 0.926. The molecule has 0 fully saturated rings. The van der Waals surface area contributed by atoms with Gasteiger partial charge in [-0.3, -0.25) is 0 Å². The van der Waals surface area contributed by atoms with Gasteiger partial charge < -0.3 is 12.1 Å². The Balaban J connectivity index is 0. The first kappa shape index (κ1) is 10.5. The SMILES string of the molecule is Nc1[nH]ccc(=S)c1Cl.[H-].[Na+]. The zero-order valence-electron chi connectivity index (χ0n) is 6.52. The van der Waals surface area contributed by atoms with Crippen LogP contribution in [0.4, 0.5) is 5.82 Å². The molecule has 1 rings (SSSR count). The molecule has 2 nitrogen and oxygen atoms in total. The molecule has 50 valence electrons. The maximum absolute atomic E-state index is 5.62. The maximum Gasteiger partial charge on any atom is 1.00 e. The number of halogens is 1. The van der Waals surface area contributed by atoms with E-state index in [2.05, 4.69) is 4.98 Å². The van der Waals surface area contributed by atoms with E-state index in [1.165, 1.54) is 0 Å². The summed E-state index contributed by atoms with van der Waals surface area (Å²) >= 11 is 10.4. The van der Waals surface area contributed by atoms with Gasteiger partial charge in [0.05, 0.1) is 9.53 Å². The predicted octanol–water partition coefficient (Wildman–Crippen LogP) is -0.904. The van der Waals surface area contributed by atoms with Crippen molar-refractivity contribution in [3.63, 3.8) is 0 Å². The fourth-order valence-electron chi connectivity index (χ4n) is 0.476. The second-order valence-corrected chi connectivity index (χ2v) is 2.39. The van der Waals surface area contributed by atoms with Crippen molar-refractivity contribution in [2.45, 2.75) is 0 Å². The first-order valence-electron chi connectivity index (χ1n) is 2.34. The van der Waals surface area contributed by atoms with Crippen LogP contribution in [0.25, 0.3) is 0 Å². The van der Waals surface area contributed by atoms with Gasteiger partial charge in [-0.25, -0.2) is 0 Å². The molecular formula is C5H6ClN2NaS. The quantitative estimate of drug-likeness (QED) is 0.405. The molecule has 1 aromatic heterocycles. The molecule has 1 heterocycles. The normalized spacial score (nSPS) is 8.50. The van der Waals surface area contributed by atoms with Crippen LogP contribution in [0.1, 0.15) is 1.43 Å². The van der Waals surface area contributed by atoms with Gasteiger partial charge in [-0.05, 0) is 6.07 Å². The molecule has 0 unspecified atom stereocenters. The van der Waals surface area contributed by atoms with Gasteiger partial charge in [-0.15, -0.1) is 0 Å². The molecule has 0 amide bonds. The second-order valence-electron chi connectivity index (χ2n) is 1.57. The van der Waals surface area contributed by atoms with E-state index in [9.17, 15) is 0 Å². The van der Waals surface area contributed by atoms with Crippen molar-refractivity contribution >= 4 is 29.6 Å². The summed E-state index contributed by atoms with van der Waals surface area (Å²) in [6.45, 7) is 0. The molecule has 0 aliphatic rings. The van der Waals surface area contributed by atoms with Crippen molar-refractivity contribution in [3.05, 3.63) is 21.8 Å². The number of H-pyrrole nitrogens is 1. The molecule has 0 spiro atoms. The van der Waals surface area contributed by atoms with Crippen LogP contribution < -0.4 is 35.3 Å². The van der Waals surface area contributed by atoms with E-state index in [1.807, 2.05) is 0 Å². The largest absolute Gasteiger partial charge is 1.00 e. The van der Waals surface area contributed by atoms with Gasteiger partial charge in [-0.2, -0.15) is 0 Å². The van der Waals surface area contributed by atoms with Gasteiger partial charge in [0.25, 0.3) is 0 Å². The van der Waals surface area contributed by atoms with E-state index < -0.39 is 0 Å². The monoisotopic (exact) mass is 184 g/mol. The second kappa shape index (κ2) is 4.36. The van der Waals surface area contributed by atoms with Gasteiger partial charge >= 0.3 is 29.6 Å². The van der Waals surface area contributed by atoms with E-state index in [4.69, 9.17) is 29.6 Å². The molecule has 5 heteroatoms. The summed E-state index contributed by atoms with van der Waals surface area (Å²) in [4.78, 5) is 2.72. The smallest absolute Gasteiger partial charge is 1.00 e. The number of anilines is 1. The molecule has 0 saturated heterocycles. The van der Waals surface area contributed by atoms with Crippen LogP contribution in [0.3, 0.4) is 0 Å². The Hall–Kier alpha value is 0.460. The summed E-state index contributed by atoms with van der Waals surface area (Å²) in [7, 11) is 0. The Morgan fingerprint density at radius 1 is 1.70 bits per heavy atom. The number of nitrogens with one attached hydrogen (secondary N) is 1. The summed E-state index contributed by atoms with van der Waals surface area (Å²) in [5.41, 5.74) is 5.37. The van der Waals surface area contributed by atoms with Crippen molar-refractivity contribution in [1.29, 1.82) is 0 Å². The van der Waals surface area contributed by atoms with Gasteiger partial charge in [-0.1, -0.05) is 23.8 Å². The Morgan fingerprint density at radius 3 is 2.70 bits per heavy atom. The van der Waals surface area contributed by atoms with Crippen LogP contribution in [0.15, 0.2) is 12.3 Å². The summed E-state index contributed by atoms with van der Waals surface area (Å²) in [5.74, 6) is 0.421. The third kappa shape index (κ3) is 2.25. The fourth-order valence-corrected chi connectivity index (χ4v) is 0.772. The van der Waals surface area contributed by atoms with E-state index in [0.29, 0.717) is 15.4 Å². The summed E-state index contributed by atoms with van der Waals surface area (Å²) in [5, 5.41) is 0.424. The summed E-state index contributed by atoms with van der Waals surface area (Å²) in [6.07, 6.45) is 1.66. The number of rotatable bonds is 0. The minimum absolute atomic E-state index is 0. The van der Waals surface area contributed by atoms with Crippen LogP contribution >= 0.6 is 23.8 Å². The predicted molar refractivity (Wildman–Crippen MR) is 42.2 cm³/mol. The number of aromatic amines is 1. The summed E-state index contributed by atoms with van der Waals surface area (Å²) in [6, 6.07) is 1.69. The van der Waals surface area contributed by atoms with Crippen molar-refractivity contribution in [2.24, 2.45) is 0 Å². The number of hydrogen-bond acceptors (Lipinski definition) is 2. The molecule has 0 radical (unpaired) electrons. The molecule has 0 aliphatic heterocycles. The molecule has 0 bridgehead atoms. The average molecular weight is 185 g/mol. The molecule has 0 aliphatic carbocycles. The Labute approximate surface area is 92.6 Å². The number of hydrogen-bond donors (Lipinski definition) is 2. The van der Waals surface area contributed by atoms with E-state index in [-0.39, 0.29) is 31.0 Å². The van der Waals surface area contributed by atoms with Crippen molar-refractivity contribution in [2.75, 3.05) is 5.73 Å².